The van der Waals surface area contributed by atoms with Crippen molar-refractivity contribution < 1.29 is 4.79 Å². The fraction of sp³-hybridized carbons (Fsp3) is 0.200. The van der Waals surface area contributed by atoms with E-state index in [9.17, 15) is 4.79 Å². The van der Waals surface area contributed by atoms with E-state index in [2.05, 4.69) is 34.2 Å². The van der Waals surface area contributed by atoms with Crippen LogP contribution in [-0.2, 0) is 6.42 Å². The summed E-state index contributed by atoms with van der Waals surface area (Å²) in [5, 5.41) is 1.03. The van der Waals surface area contributed by atoms with Crippen LogP contribution >= 0.6 is 22.6 Å². The Labute approximate surface area is 119 Å². The number of pyridine rings is 1. The SMILES string of the molecule is C=C(I)c1c2c(nc3ccccc13)CCCC2=O. The summed E-state index contributed by atoms with van der Waals surface area (Å²) in [6.45, 7) is 4.02. The number of fused-ring (bicyclic) bond motifs is 2. The van der Waals surface area contributed by atoms with Crippen molar-refractivity contribution in [3.63, 3.8) is 0 Å². The van der Waals surface area contributed by atoms with E-state index in [1.807, 2.05) is 24.3 Å². The highest BCUT2D eigenvalue weighted by molar-refractivity contribution is 14.1. The number of nitrogens with zero attached hydrogens (tertiary/aromatic N) is 1. The Morgan fingerprint density at radius 3 is 2.83 bits per heavy atom. The monoisotopic (exact) mass is 349 g/mol. The first kappa shape index (κ1) is 11.8. The van der Waals surface area contributed by atoms with Crippen LogP contribution in [0.3, 0.4) is 0 Å². The van der Waals surface area contributed by atoms with Crippen molar-refractivity contribution in [2.75, 3.05) is 0 Å². The molecule has 0 radical (unpaired) electrons. The molecule has 0 spiro atoms. The standard InChI is InChI=1S/C15H12INO/c1-9(16)14-10-5-2-3-6-11(10)17-12-7-4-8-13(18)15(12)14/h2-3,5-6H,1,4,7-8H2. The number of carbonyl (C=O) groups excluding carboxylic acids is 1. The number of ketones is 1. The van der Waals surface area contributed by atoms with Crippen molar-refractivity contribution in [3.8, 4) is 0 Å². The molecular weight excluding hydrogens is 337 g/mol. The molecule has 0 amide bonds. The second kappa shape index (κ2) is 4.46. The molecule has 2 aromatic rings. The summed E-state index contributed by atoms with van der Waals surface area (Å²) >= 11 is 2.20. The molecule has 1 aliphatic carbocycles. The van der Waals surface area contributed by atoms with Gasteiger partial charge in [-0.1, -0.05) is 24.8 Å². The van der Waals surface area contributed by atoms with Gasteiger partial charge in [-0.3, -0.25) is 9.78 Å². The number of para-hydroxylation sites is 1. The molecule has 18 heavy (non-hydrogen) atoms. The van der Waals surface area contributed by atoms with E-state index in [4.69, 9.17) is 0 Å². The third-order valence-electron chi connectivity index (χ3n) is 3.33. The third kappa shape index (κ3) is 1.77. The second-order valence-corrected chi connectivity index (χ2v) is 5.81. The van der Waals surface area contributed by atoms with Crippen LogP contribution in [-0.4, -0.2) is 10.8 Å². The lowest BCUT2D eigenvalue weighted by molar-refractivity contribution is 0.0971. The van der Waals surface area contributed by atoms with Gasteiger partial charge in [0.05, 0.1) is 11.2 Å². The summed E-state index contributed by atoms with van der Waals surface area (Å²) in [4.78, 5) is 16.8. The second-order valence-electron chi connectivity index (χ2n) is 4.51. The van der Waals surface area contributed by atoms with Gasteiger partial charge in [-0.25, -0.2) is 0 Å². The van der Waals surface area contributed by atoms with Crippen molar-refractivity contribution in [2.45, 2.75) is 19.3 Å². The van der Waals surface area contributed by atoms with Crippen molar-refractivity contribution in [3.05, 3.63) is 47.7 Å². The number of rotatable bonds is 1. The molecule has 0 bridgehead atoms. The molecule has 0 unspecified atom stereocenters. The maximum atomic E-state index is 12.2. The lowest BCUT2D eigenvalue weighted by atomic mass is 9.89. The van der Waals surface area contributed by atoms with Crippen LogP contribution in [0.25, 0.3) is 14.5 Å². The average Bonchev–Trinajstić information content (AvgIpc) is 2.36. The summed E-state index contributed by atoms with van der Waals surface area (Å²) in [7, 11) is 0. The third-order valence-corrected chi connectivity index (χ3v) is 3.87. The number of carbonyl (C=O) groups is 1. The summed E-state index contributed by atoms with van der Waals surface area (Å²) in [6, 6.07) is 7.97. The van der Waals surface area contributed by atoms with Crippen molar-refractivity contribution in [2.24, 2.45) is 0 Å². The number of hydrogen-bond donors (Lipinski definition) is 0. The maximum absolute atomic E-state index is 12.2. The zero-order chi connectivity index (χ0) is 12.7. The number of halogens is 1. The fourth-order valence-corrected chi connectivity index (χ4v) is 3.13. The molecule has 90 valence electrons. The van der Waals surface area contributed by atoms with E-state index in [1.54, 1.807) is 0 Å². The maximum Gasteiger partial charge on any atom is 0.165 e. The van der Waals surface area contributed by atoms with Crippen LogP contribution in [0.5, 0.6) is 0 Å². The highest BCUT2D eigenvalue weighted by Gasteiger charge is 2.24. The van der Waals surface area contributed by atoms with E-state index in [1.165, 1.54) is 0 Å². The zero-order valence-electron chi connectivity index (χ0n) is 9.87. The number of aromatic nitrogens is 1. The smallest absolute Gasteiger partial charge is 0.165 e. The predicted octanol–water partition coefficient (Wildman–Crippen LogP) is 4.16. The molecule has 0 atom stereocenters. The molecule has 0 aliphatic heterocycles. The minimum atomic E-state index is 0.210. The van der Waals surface area contributed by atoms with Gasteiger partial charge in [0.15, 0.2) is 5.78 Å². The largest absolute Gasteiger partial charge is 0.294 e. The highest BCUT2D eigenvalue weighted by atomic mass is 127. The quantitative estimate of drug-likeness (QED) is 0.724. The molecule has 0 fully saturated rings. The lowest BCUT2D eigenvalue weighted by Gasteiger charge is -2.19. The van der Waals surface area contributed by atoms with Crippen LogP contribution in [0, 0.1) is 0 Å². The Hall–Kier alpha value is -1.23. The number of benzene rings is 1. The van der Waals surface area contributed by atoms with Crippen molar-refractivity contribution in [1.82, 2.24) is 4.98 Å². The Morgan fingerprint density at radius 2 is 2.06 bits per heavy atom. The van der Waals surface area contributed by atoms with E-state index in [0.29, 0.717) is 6.42 Å². The Morgan fingerprint density at radius 1 is 1.28 bits per heavy atom. The molecular formula is C15H12INO. The van der Waals surface area contributed by atoms with Crippen molar-refractivity contribution in [1.29, 1.82) is 0 Å². The van der Waals surface area contributed by atoms with Gasteiger partial charge in [0.25, 0.3) is 0 Å². The molecule has 0 N–H and O–H groups in total. The first-order chi connectivity index (χ1) is 8.68. The van der Waals surface area contributed by atoms with Gasteiger partial charge in [0.2, 0.25) is 0 Å². The van der Waals surface area contributed by atoms with Crippen molar-refractivity contribution >= 4 is 42.9 Å². The first-order valence-electron chi connectivity index (χ1n) is 5.98. The Bertz CT molecular complexity index is 675. The van der Waals surface area contributed by atoms with Gasteiger partial charge in [-0.05, 0) is 41.5 Å². The molecule has 3 heteroatoms. The van der Waals surface area contributed by atoms with Gasteiger partial charge >= 0.3 is 0 Å². The molecule has 3 rings (SSSR count). The molecule has 1 aromatic carbocycles. The summed E-state index contributed by atoms with van der Waals surface area (Å²) in [6.07, 6.45) is 2.43. The minimum Gasteiger partial charge on any atom is -0.294 e. The zero-order valence-corrected chi connectivity index (χ0v) is 12.0. The molecule has 0 saturated carbocycles. The van der Waals surface area contributed by atoms with Crippen LogP contribution < -0.4 is 0 Å². The van der Waals surface area contributed by atoms with Gasteiger partial charge in [0, 0.05) is 26.5 Å². The molecule has 1 heterocycles. The topological polar surface area (TPSA) is 30.0 Å². The van der Waals surface area contributed by atoms with Crippen LogP contribution in [0.1, 0.15) is 34.5 Å². The average molecular weight is 349 g/mol. The van der Waals surface area contributed by atoms with E-state index < -0.39 is 0 Å². The van der Waals surface area contributed by atoms with Crippen LogP contribution in [0.4, 0.5) is 0 Å². The van der Waals surface area contributed by atoms with Gasteiger partial charge in [0.1, 0.15) is 0 Å². The van der Waals surface area contributed by atoms with E-state index in [0.717, 1.165) is 44.1 Å². The van der Waals surface area contributed by atoms with E-state index in [-0.39, 0.29) is 5.78 Å². The van der Waals surface area contributed by atoms with Gasteiger partial charge < -0.3 is 0 Å². The molecule has 0 saturated heterocycles. The van der Waals surface area contributed by atoms with E-state index >= 15 is 0 Å². The first-order valence-corrected chi connectivity index (χ1v) is 7.06. The van der Waals surface area contributed by atoms with Crippen LogP contribution in [0.15, 0.2) is 30.8 Å². The van der Waals surface area contributed by atoms with Gasteiger partial charge in [-0.15, -0.1) is 0 Å². The number of Topliss-reactive ketones (excluding diaryl/α,β-unsaturated/α-hetero) is 1. The number of hydrogen-bond acceptors (Lipinski definition) is 2. The highest BCUT2D eigenvalue weighted by Crippen LogP contribution is 2.35. The Kier molecular flexibility index (Phi) is 2.93. The fourth-order valence-electron chi connectivity index (χ4n) is 2.57. The Balaban J connectivity index is 2.46. The van der Waals surface area contributed by atoms with Crippen LogP contribution in [0.2, 0.25) is 0 Å². The minimum absolute atomic E-state index is 0.210. The number of aryl methyl sites for hydroxylation is 1. The molecule has 2 nitrogen and oxygen atoms in total. The molecule has 1 aliphatic rings. The predicted molar refractivity (Wildman–Crippen MR) is 82.1 cm³/mol. The normalized spacial score (nSPS) is 14.6. The summed E-state index contributed by atoms with van der Waals surface area (Å²) in [5.74, 6) is 0.210. The lowest BCUT2D eigenvalue weighted by Crippen LogP contribution is -2.15. The summed E-state index contributed by atoms with van der Waals surface area (Å²) in [5.41, 5.74) is 3.69. The summed E-state index contributed by atoms with van der Waals surface area (Å²) < 4.78 is 0.915. The molecule has 1 aromatic heterocycles. The van der Waals surface area contributed by atoms with Gasteiger partial charge in [-0.2, -0.15) is 0 Å².